The van der Waals surface area contributed by atoms with Gasteiger partial charge in [0.15, 0.2) is 5.13 Å². The topological polar surface area (TPSA) is 68.0 Å². The molecule has 2 aromatic rings. The zero-order chi connectivity index (χ0) is 13.8. The molecule has 0 aliphatic carbocycles. The maximum absolute atomic E-state index is 11.9. The number of carbonyl (C=O) groups excluding carboxylic acids is 1. The van der Waals surface area contributed by atoms with E-state index in [9.17, 15) is 4.79 Å². The van der Waals surface area contributed by atoms with Crippen LogP contribution in [0.2, 0.25) is 0 Å². The van der Waals surface area contributed by atoms with Crippen molar-refractivity contribution in [3.63, 3.8) is 0 Å². The summed E-state index contributed by atoms with van der Waals surface area (Å²) < 4.78 is 0.998. The maximum Gasteiger partial charge on any atom is 0.226 e. The average molecular weight is 340 g/mol. The quantitative estimate of drug-likeness (QED) is 0.899. The van der Waals surface area contributed by atoms with Crippen LogP contribution in [0.4, 0.5) is 5.13 Å². The third kappa shape index (κ3) is 4.04. The molecular weight excluding hydrogens is 326 g/mol. The van der Waals surface area contributed by atoms with Crippen molar-refractivity contribution in [2.24, 2.45) is 0 Å². The molecule has 0 aliphatic rings. The molecule has 2 rings (SSSR count). The Kier molecular flexibility index (Phi) is 4.55. The van der Waals surface area contributed by atoms with Crippen molar-refractivity contribution >= 4 is 38.3 Å². The van der Waals surface area contributed by atoms with E-state index >= 15 is 0 Å². The highest BCUT2D eigenvalue weighted by Crippen LogP contribution is 2.18. The summed E-state index contributed by atoms with van der Waals surface area (Å²) in [4.78, 5) is 16.0. The van der Waals surface area contributed by atoms with Crippen LogP contribution in [0, 0.1) is 0 Å². The highest BCUT2D eigenvalue weighted by atomic mass is 79.9. The van der Waals surface area contributed by atoms with Gasteiger partial charge < -0.3 is 11.1 Å². The lowest BCUT2D eigenvalue weighted by Crippen LogP contribution is -2.28. The summed E-state index contributed by atoms with van der Waals surface area (Å²) in [6, 6.07) is 7.84. The predicted molar refractivity (Wildman–Crippen MR) is 80.9 cm³/mol. The van der Waals surface area contributed by atoms with Gasteiger partial charge in [0.25, 0.3) is 0 Å². The highest BCUT2D eigenvalue weighted by Gasteiger charge is 2.11. The summed E-state index contributed by atoms with van der Waals surface area (Å²) in [6.45, 7) is 1.95. The third-order valence-electron chi connectivity index (χ3n) is 2.64. The first-order valence-corrected chi connectivity index (χ1v) is 7.46. The number of anilines is 1. The number of nitrogens with two attached hydrogens (primary N) is 1. The molecule has 1 aromatic heterocycles. The van der Waals surface area contributed by atoms with Crippen molar-refractivity contribution in [1.82, 2.24) is 10.3 Å². The first-order valence-electron chi connectivity index (χ1n) is 5.79. The SMILES string of the molecule is C[C@@H](NC(=O)Cc1csc(N)n1)c1cccc(Br)c1. The fourth-order valence-electron chi connectivity index (χ4n) is 1.72. The molecule has 0 unspecified atom stereocenters. The van der Waals surface area contributed by atoms with Gasteiger partial charge in [0.2, 0.25) is 5.91 Å². The molecule has 19 heavy (non-hydrogen) atoms. The number of nitrogens with zero attached hydrogens (tertiary/aromatic N) is 1. The number of benzene rings is 1. The van der Waals surface area contributed by atoms with Crippen LogP contribution < -0.4 is 11.1 Å². The molecule has 1 aromatic carbocycles. The van der Waals surface area contributed by atoms with Gasteiger partial charge in [-0.3, -0.25) is 4.79 Å². The third-order valence-corrected chi connectivity index (χ3v) is 3.85. The molecule has 1 heterocycles. The molecule has 0 spiro atoms. The van der Waals surface area contributed by atoms with Gasteiger partial charge in [-0.2, -0.15) is 0 Å². The van der Waals surface area contributed by atoms with Crippen LogP contribution >= 0.6 is 27.3 Å². The van der Waals surface area contributed by atoms with Crippen molar-refractivity contribution in [3.8, 4) is 0 Å². The minimum absolute atomic E-state index is 0.0408. The van der Waals surface area contributed by atoms with E-state index in [0.29, 0.717) is 10.8 Å². The molecule has 100 valence electrons. The van der Waals surface area contributed by atoms with Crippen molar-refractivity contribution < 1.29 is 4.79 Å². The van der Waals surface area contributed by atoms with Crippen LogP contribution in [0.25, 0.3) is 0 Å². The van der Waals surface area contributed by atoms with E-state index < -0.39 is 0 Å². The summed E-state index contributed by atoms with van der Waals surface area (Å²) in [6.07, 6.45) is 0.256. The molecule has 0 saturated carbocycles. The van der Waals surface area contributed by atoms with Gasteiger partial charge in [-0.15, -0.1) is 11.3 Å². The number of hydrogen-bond acceptors (Lipinski definition) is 4. The number of halogens is 1. The minimum Gasteiger partial charge on any atom is -0.375 e. The lowest BCUT2D eigenvalue weighted by Gasteiger charge is -2.14. The largest absolute Gasteiger partial charge is 0.375 e. The van der Waals surface area contributed by atoms with Crippen molar-refractivity contribution in [2.75, 3.05) is 5.73 Å². The second kappa shape index (κ2) is 6.16. The van der Waals surface area contributed by atoms with E-state index in [2.05, 4.69) is 26.2 Å². The van der Waals surface area contributed by atoms with Gasteiger partial charge in [-0.1, -0.05) is 28.1 Å². The summed E-state index contributed by atoms with van der Waals surface area (Å²) in [7, 11) is 0. The van der Waals surface area contributed by atoms with E-state index in [0.717, 1.165) is 10.0 Å². The molecule has 6 heteroatoms. The van der Waals surface area contributed by atoms with Crippen LogP contribution in [-0.4, -0.2) is 10.9 Å². The van der Waals surface area contributed by atoms with Gasteiger partial charge in [-0.05, 0) is 24.6 Å². The standard InChI is InChI=1S/C13H14BrN3OS/c1-8(9-3-2-4-10(14)5-9)16-12(18)6-11-7-19-13(15)17-11/h2-5,7-8H,6H2,1H3,(H2,15,17)(H,16,18)/t8-/m1/s1. The zero-order valence-corrected chi connectivity index (χ0v) is 12.8. The monoisotopic (exact) mass is 339 g/mol. The lowest BCUT2D eigenvalue weighted by molar-refractivity contribution is -0.121. The van der Waals surface area contributed by atoms with Crippen LogP contribution in [0.1, 0.15) is 24.2 Å². The Balaban J connectivity index is 1.95. The van der Waals surface area contributed by atoms with Gasteiger partial charge >= 0.3 is 0 Å². The Hall–Kier alpha value is -1.40. The predicted octanol–water partition coefficient (Wildman–Crippen LogP) is 2.91. The first kappa shape index (κ1) is 14.0. The number of aromatic nitrogens is 1. The van der Waals surface area contributed by atoms with E-state index in [1.807, 2.05) is 31.2 Å². The molecule has 0 aliphatic heterocycles. The second-order valence-electron chi connectivity index (χ2n) is 4.20. The van der Waals surface area contributed by atoms with E-state index in [1.165, 1.54) is 11.3 Å². The van der Waals surface area contributed by atoms with Crippen molar-refractivity contribution in [2.45, 2.75) is 19.4 Å². The van der Waals surface area contributed by atoms with Crippen LogP contribution in [0.5, 0.6) is 0 Å². The zero-order valence-electron chi connectivity index (χ0n) is 10.4. The van der Waals surface area contributed by atoms with Gasteiger partial charge in [-0.25, -0.2) is 4.98 Å². The molecule has 0 bridgehead atoms. The summed E-state index contributed by atoms with van der Waals surface area (Å²) >= 11 is 4.76. The van der Waals surface area contributed by atoms with Gasteiger partial charge in [0.1, 0.15) is 0 Å². The lowest BCUT2D eigenvalue weighted by atomic mass is 10.1. The Bertz CT molecular complexity index is 585. The Morgan fingerprint density at radius 3 is 3.00 bits per heavy atom. The summed E-state index contributed by atoms with van der Waals surface area (Å²) in [5, 5.41) is 5.24. The minimum atomic E-state index is -0.0576. The maximum atomic E-state index is 11.9. The molecule has 4 nitrogen and oxygen atoms in total. The molecule has 3 N–H and O–H groups in total. The summed E-state index contributed by atoms with van der Waals surface area (Å²) in [5.74, 6) is -0.0576. The van der Waals surface area contributed by atoms with Crippen LogP contribution in [-0.2, 0) is 11.2 Å². The fraction of sp³-hybridized carbons (Fsp3) is 0.231. The Morgan fingerprint density at radius 2 is 2.37 bits per heavy atom. The van der Waals surface area contributed by atoms with E-state index in [1.54, 1.807) is 5.38 Å². The number of thiazole rings is 1. The first-order chi connectivity index (χ1) is 9.04. The average Bonchev–Trinajstić information content (AvgIpc) is 2.74. The van der Waals surface area contributed by atoms with Crippen molar-refractivity contribution in [1.29, 1.82) is 0 Å². The molecule has 1 amide bonds. The van der Waals surface area contributed by atoms with Gasteiger partial charge in [0, 0.05) is 9.85 Å². The fourth-order valence-corrected chi connectivity index (χ4v) is 2.70. The Morgan fingerprint density at radius 1 is 1.58 bits per heavy atom. The Labute approximate surface area is 124 Å². The molecular formula is C13H14BrN3OS. The number of hydrogen-bond donors (Lipinski definition) is 2. The van der Waals surface area contributed by atoms with Gasteiger partial charge in [0.05, 0.1) is 18.2 Å². The smallest absolute Gasteiger partial charge is 0.226 e. The number of nitrogen functional groups attached to an aromatic ring is 1. The van der Waals surface area contributed by atoms with E-state index in [4.69, 9.17) is 5.73 Å². The molecule has 0 radical (unpaired) electrons. The summed E-state index contributed by atoms with van der Waals surface area (Å²) in [5.41, 5.74) is 7.30. The molecule has 0 saturated heterocycles. The van der Waals surface area contributed by atoms with Crippen LogP contribution in [0.3, 0.4) is 0 Å². The second-order valence-corrected chi connectivity index (χ2v) is 6.00. The highest BCUT2D eigenvalue weighted by molar-refractivity contribution is 9.10. The molecule has 0 fully saturated rings. The normalized spacial score (nSPS) is 12.1. The number of nitrogens with one attached hydrogen (secondary N) is 1. The van der Waals surface area contributed by atoms with Crippen molar-refractivity contribution in [3.05, 3.63) is 45.4 Å². The number of amides is 1. The number of rotatable bonds is 4. The van der Waals surface area contributed by atoms with Crippen LogP contribution in [0.15, 0.2) is 34.1 Å². The molecule has 1 atom stereocenters. The van der Waals surface area contributed by atoms with E-state index in [-0.39, 0.29) is 18.4 Å². The number of carbonyl (C=O) groups is 1.